The molecule has 0 bridgehead atoms. The van der Waals surface area contributed by atoms with Crippen molar-refractivity contribution in [3.63, 3.8) is 0 Å². The zero-order valence-electron chi connectivity index (χ0n) is 12.5. The topological polar surface area (TPSA) is 12.0 Å². The Bertz CT molecular complexity index is 580. The van der Waals surface area contributed by atoms with E-state index in [1.54, 1.807) is 0 Å². The fourth-order valence-corrected chi connectivity index (χ4v) is 3.28. The Morgan fingerprint density at radius 2 is 1.86 bits per heavy atom. The number of nitrogens with one attached hydrogen (secondary N) is 1. The Kier molecular flexibility index (Phi) is 6.28. The van der Waals surface area contributed by atoms with Crippen LogP contribution in [0.15, 0.2) is 46.9 Å². The molecule has 1 unspecified atom stereocenters. The van der Waals surface area contributed by atoms with Crippen molar-refractivity contribution in [1.29, 1.82) is 0 Å². The van der Waals surface area contributed by atoms with E-state index in [9.17, 15) is 0 Å². The third kappa shape index (κ3) is 4.84. The molecule has 0 fully saturated rings. The summed E-state index contributed by atoms with van der Waals surface area (Å²) in [4.78, 5) is 0. The molecule has 0 spiro atoms. The van der Waals surface area contributed by atoms with E-state index in [-0.39, 0.29) is 0 Å². The van der Waals surface area contributed by atoms with Gasteiger partial charge in [-0.3, -0.25) is 0 Å². The van der Waals surface area contributed by atoms with Crippen LogP contribution in [0.25, 0.3) is 0 Å². The Morgan fingerprint density at radius 3 is 2.48 bits per heavy atom. The first-order valence-electron chi connectivity index (χ1n) is 7.34. The monoisotopic (exact) mass is 365 g/mol. The van der Waals surface area contributed by atoms with E-state index in [1.807, 2.05) is 12.1 Å². The first-order valence-corrected chi connectivity index (χ1v) is 8.51. The van der Waals surface area contributed by atoms with Crippen LogP contribution in [0.4, 0.5) is 0 Å². The summed E-state index contributed by atoms with van der Waals surface area (Å²) in [5, 5.41) is 4.43. The van der Waals surface area contributed by atoms with Crippen molar-refractivity contribution in [2.45, 2.75) is 32.7 Å². The third-order valence-electron chi connectivity index (χ3n) is 3.53. The number of aryl methyl sites for hydroxylation is 1. The summed E-state index contributed by atoms with van der Waals surface area (Å²) in [7, 11) is 0. The van der Waals surface area contributed by atoms with Gasteiger partial charge in [-0.25, -0.2) is 0 Å². The van der Waals surface area contributed by atoms with Gasteiger partial charge in [0.1, 0.15) is 0 Å². The highest BCUT2D eigenvalue weighted by Crippen LogP contribution is 2.27. The van der Waals surface area contributed by atoms with Gasteiger partial charge in [0.15, 0.2) is 0 Å². The first-order chi connectivity index (χ1) is 10.1. The van der Waals surface area contributed by atoms with Gasteiger partial charge in [-0.15, -0.1) is 0 Å². The molecule has 0 aliphatic carbocycles. The normalized spacial score (nSPS) is 12.4. The highest BCUT2D eigenvalue weighted by Gasteiger charge is 2.14. The van der Waals surface area contributed by atoms with E-state index in [4.69, 9.17) is 11.6 Å². The Morgan fingerprint density at radius 1 is 1.14 bits per heavy atom. The van der Waals surface area contributed by atoms with E-state index in [0.717, 1.165) is 24.4 Å². The van der Waals surface area contributed by atoms with Crippen LogP contribution in [-0.4, -0.2) is 6.54 Å². The van der Waals surface area contributed by atoms with Crippen LogP contribution in [-0.2, 0) is 6.42 Å². The van der Waals surface area contributed by atoms with E-state index in [2.05, 4.69) is 65.4 Å². The predicted molar refractivity (Wildman–Crippen MR) is 95.1 cm³/mol. The fraction of sp³-hybridized carbons (Fsp3) is 0.333. The van der Waals surface area contributed by atoms with Crippen LogP contribution < -0.4 is 5.32 Å². The smallest absolute Gasteiger partial charge is 0.0406 e. The van der Waals surface area contributed by atoms with Crippen LogP contribution in [0.1, 0.15) is 36.1 Å². The molecule has 0 aliphatic heterocycles. The lowest BCUT2D eigenvalue weighted by atomic mass is 9.98. The molecule has 0 amide bonds. The van der Waals surface area contributed by atoms with Gasteiger partial charge < -0.3 is 5.32 Å². The van der Waals surface area contributed by atoms with E-state index in [0.29, 0.717) is 6.04 Å². The van der Waals surface area contributed by atoms with Crippen LogP contribution in [0.5, 0.6) is 0 Å². The third-order valence-corrected chi connectivity index (χ3v) is 4.46. The van der Waals surface area contributed by atoms with Gasteiger partial charge >= 0.3 is 0 Å². The van der Waals surface area contributed by atoms with Crippen molar-refractivity contribution in [1.82, 2.24) is 5.32 Å². The maximum Gasteiger partial charge on any atom is 0.0406 e. The summed E-state index contributed by atoms with van der Waals surface area (Å²) in [6, 6.07) is 15.0. The molecule has 0 aliphatic rings. The van der Waals surface area contributed by atoms with Gasteiger partial charge in [-0.2, -0.15) is 0 Å². The average Bonchev–Trinajstić information content (AvgIpc) is 2.46. The molecule has 0 radical (unpaired) electrons. The summed E-state index contributed by atoms with van der Waals surface area (Å²) in [6.45, 7) is 5.32. The van der Waals surface area contributed by atoms with Crippen LogP contribution in [0, 0.1) is 6.92 Å². The Labute approximate surface area is 140 Å². The van der Waals surface area contributed by atoms with E-state index < -0.39 is 0 Å². The largest absolute Gasteiger partial charge is 0.310 e. The minimum atomic E-state index is 0.307. The fourth-order valence-electron chi connectivity index (χ4n) is 2.38. The van der Waals surface area contributed by atoms with Crippen molar-refractivity contribution in [3.8, 4) is 0 Å². The molecule has 21 heavy (non-hydrogen) atoms. The zero-order valence-corrected chi connectivity index (χ0v) is 14.8. The Balaban J connectivity index is 2.22. The van der Waals surface area contributed by atoms with Gasteiger partial charge in [0.05, 0.1) is 0 Å². The quantitative estimate of drug-likeness (QED) is 0.692. The van der Waals surface area contributed by atoms with E-state index >= 15 is 0 Å². The maximum atomic E-state index is 5.97. The summed E-state index contributed by atoms with van der Waals surface area (Å²) in [6.07, 6.45) is 2.08. The second-order valence-electron chi connectivity index (χ2n) is 5.36. The zero-order chi connectivity index (χ0) is 15.2. The molecule has 0 heterocycles. The molecule has 2 rings (SSSR count). The summed E-state index contributed by atoms with van der Waals surface area (Å²) in [5.41, 5.74) is 3.87. The molecular formula is C18H21BrClN. The molecule has 2 aromatic rings. The second-order valence-corrected chi connectivity index (χ2v) is 6.65. The van der Waals surface area contributed by atoms with Crippen LogP contribution >= 0.6 is 27.5 Å². The summed E-state index contributed by atoms with van der Waals surface area (Å²) in [5.74, 6) is 0. The van der Waals surface area contributed by atoms with Gasteiger partial charge in [0.2, 0.25) is 0 Å². The van der Waals surface area contributed by atoms with Gasteiger partial charge in [0, 0.05) is 15.5 Å². The van der Waals surface area contributed by atoms with Crippen molar-refractivity contribution < 1.29 is 0 Å². The first kappa shape index (κ1) is 16.5. The van der Waals surface area contributed by atoms with Crippen molar-refractivity contribution in [2.24, 2.45) is 0 Å². The lowest BCUT2D eigenvalue weighted by Crippen LogP contribution is -2.24. The van der Waals surface area contributed by atoms with Crippen molar-refractivity contribution >= 4 is 27.5 Å². The standard InChI is InChI=1S/C18H21BrClN/c1-3-10-21-18(12-14-5-7-15(20)8-6-14)16-9-4-13(2)11-17(16)19/h4-9,11,18,21H,3,10,12H2,1-2H3. The highest BCUT2D eigenvalue weighted by atomic mass is 79.9. The maximum absolute atomic E-state index is 5.97. The molecule has 0 saturated heterocycles. The molecule has 0 saturated carbocycles. The summed E-state index contributed by atoms with van der Waals surface area (Å²) >= 11 is 9.67. The summed E-state index contributed by atoms with van der Waals surface area (Å²) < 4.78 is 1.17. The van der Waals surface area contributed by atoms with Gasteiger partial charge in [-0.1, -0.05) is 58.7 Å². The number of hydrogen-bond donors (Lipinski definition) is 1. The van der Waals surface area contributed by atoms with Crippen molar-refractivity contribution in [3.05, 3.63) is 68.7 Å². The van der Waals surface area contributed by atoms with Crippen LogP contribution in [0.3, 0.4) is 0 Å². The van der Waals surface area contributed by atoms with Gasteiger partial charge in [0.25, 0.3) is 0 Å². The molecule has 3 heteroatoms. The number of rotatable bonds is 6. The number of benzene rings is 2. The lowest BCUT2D eigenvalue weighted by Gasteiger charge is -2.21. The lowest BCUT2D eigenvalue weighted by molar-refractivity contribution is 0.527. The molecule has 2 aromatic carbocycles. The molecule has 112 valence electrons. The Hall–Kier alpha value is -0.830. The number of hydrogen-bond acceptors (Lipinski definition) is 1. The SMILES string of the molecule is CCCNC(Cc1ccc(Cl)cc1)c1ccc(C)cc1Br. The minimum Gasteiger partial charge on any atom is -0.310 e. The molecule has 1 N–H and O–H groups in total. The molecule has 1 atom stereocenters. The second kappa shape index (κ2) is 7.98. The van der Waals surface area contributed by atoms with E-state index in [1.165, 1.54) is 21.2 Å². The number of halogens is 2. The average molecular weight is 367 g/mol. The molecular weight excluding hydrogens is 346 g/mol. The minimum absolute atomic E-state index is 0.307. The van der Waals surface area contributed by atoms with Gasteiger partial charge in [-0.05, 0) is 61.2 Å². The predicted octanol–water partition coefficient (Wildman–Crippen LogP) is 5.69. The van der Waals surface area contributed by atoms with Crippen molar-refractivity contribution in [2.75, 3.05) is 6.54 Å². The molecule has 1 nitrogen and oxygen atoms in total. The molecule has 0 aromatic heterocycles. The van der Waals surface area contributed by atoms with Crippen LogP contribution in [0.2, 0.25) is 5.02 Å². The highest BCUT2D eigenvalue weighted by molar-refractivity contribution is 9.10.